The number of amides is 1. The minimum atomic E-state index is -1.71. The minimum Gasteiger partial charge on any atom is -0.449 e. The van der Waals surface area contributed by atoms with E-state index in [1.807, 2.05) is 24.3 Å². The number of ether oxygens (including phenoxy) is 2. The number of fused-ring (bicyclic) bond motifs is 3. The summed E-state index contributed by atoms with van der Waals surface area (Å²) >= 11 is 0. The van der Waals surface area contributed by atoms with Crippen molar-refractivity contribution in [3.8, 4) is 11.1 Å². The number of nitrogens with one attached hydrogen (secondary N) is 1. The first-order valence-corrected chi connectivity index (χ1v) is 14.4. The smallest absolute Gasteiger partial charge is 0.407 e. The number of carbonyl (C=O) groups is 1. The van der Waals surface area contributed by atoms with Crippen molar-refractivity contribution in [2.45, 2.75) is 51.2 Å². The first kappa shape index (κ1) is 24.5. The first-order chi connectivity index (χ1) is 15.2. The van der Waals surface area contributed by atoms with Gasteiger partial charge < -0.3 is 19.2 Å². The Hall–Kier alpha value is -2.15. The Labute approximate surface area is 193 Å². The van der Waals surface area contributed by atoms with Crippen LogP contribution in [0.5, 0.6) is 0 Å². The number of hydrogen-bond acceptors (Lipinski definition) is 4. The van der Waals surface area contributed by atoms with Crippen molar-refractivity contribution in [1.29, 1.82) is 0 Å². The van der Waals surface area contributed by atoms with Crippen LogP contribution in [0.25, 0.3) is 11.1 Å². The van der Waals surface area contributed by atoms with Crippen LogP contribution in [-0.4, -0.2) is 47.4 Å². The van der Waals surface area contributed by atoms with E-state index in [-0.39, 0.29) is 17.0 Å². The highest BCUT2D eigenvalue weighted by molar-refractivity contribution is 6.74. The lowest BCUT2D eigenvalue weighted by molar-refractivity contribution is 0.0927. The van der Waals surface area contributed by atoms with Gasteiger partial charge in [0.15, 0.2) is 8.32 Å². The van der Waals surface area contributed by atoms with Crippen molar-refractivity contribution in [1.82, 2.24) is 5.32 Å². The minimum absolute atomic E-state index is 0.0809. The van der Waals surface area contributed by atoms with Gasteiger partial charge in [0.1, 0.15) is 6.61 Å². The van der Waals surface area contributed by atoms with Gasteiger partial charge in [-0.15, -0.1) is 0 Å². The molecule has 0 saturated heterocycles. The van der Waals surface area contributed by atoms with Crippen LogP contribution in [-0.2, 0) is 13.9 Å². The van der Waals surface area contributed by atoms with Gasteiger partial charge >= 0.3 is 6.09 Å². The van der Waals surface area contributed by atoms with E-state index in [0.29, 0.717) is 33.0 Å². The van der Waals surface area contributed by atoms with Gasteiger partial charge in [0.2, 0.25) is 0 Å². The molecule has 1 N–H and O–H groups in total. The lowest BCUT2D eigenvalue weighted by Gasteiger charge is -2.36. The van der Waals surface area contributed by atoms with Crippen molar-refractivity contribution in [2.24, 2.45) is 0 Å². The highest BCUT2D eigenvalue weighted by Crippen LogP contribution is 2.44. The summed E-state index contributed by atoms with van der Waals surface area (Å²) in [4.78, 5) is 12.2. The van der Waals surface area contributed by atoms with Gasteiger partial charge in [0, 0.05) is 19.1 Å². The predicted octanol–water partition coefficient (Wildman–Crippen LogP) is 5.95. The number of hydrogen-bond donors (Lipinski definition) is 1. The maximum atomic E-state index is 12.2. The molecular weight excluding hydrogens is 418 g/mol. The Morgan fingerprint density at radius 3 is 2.12 bits per heavy atom. The Morgan fingerprint density at radius 2 is 1.53 bits per heavy atom. The van der Waals surface area contributed by atoms with Gasteiger partial charge in [0.25, 0.3) is 0 Å². The van der Waals surface area contributed by atoms with Crippen molar-refractivity contribution in [2.75, 3.05) is 33.0 Å². The van der Waals surface area contributed by atoms with E-state index in [4.69, 9.17) is 13.9 Å². The van der Waals surface area contributed by atoms with Gasteiger partial charge in [-0.1, -0.05) is 69.3 Å². The lowest BCUT2D eigenvalue weighted by atomic mass is 9.98. The Morgan fingerprint density at radius 1 is 0.938 bits per heavy atom. The van der Waals surface area contributed by atoms with Crippen LogP contribution in [0.4, 0.5) is 4.79 Å². The van der Waals surface area contributed by atoms with Crippen LogP contribution in [0, 0.1) is 0 Å². The molecule has 5 nitrogen and oxygen atoms in total. The molecule has 0 atom stereocenters. The molecule has 1 amide bonds. The molecule has 2 aromatic carbocycles. The average Bonchev–Trinajstić information content (AvgIpc) is 3.07. The van der Waals surface area contributed by atoms with Gasteiger partial charge in [-0.2, -0.15) is 0 Å². The third-order valence-electron chi connectivity index (χ3n) is 6.58. The molecule has 0 bridgehead atoms. The fourth-order valence-corrected chi connectivity index (χ4v) is 4.72. The van der Waals surface area contributed by atoms with Crippen molar-refractivity contribution >= 4 is 14.4 Å². The van der Waals surface area contributed by atoms with Crippen molar-refractivity contribution in [3.05, 3.63) is 59.7 Å². The van der Waals surface area contributed by atoms with E-state index in [1.165, 1.54) is 22.3 Å². The van der Waals surface area contributed by atoms with Gasteiger partial charge in [0.05, 0.1) is 13.2 Å². The first-order valence-electron chi connectivity index (χ1n) is 11.5. The second kappa shape index (κ2) is 10.6. The molecule has 3 rings (SSSR count). The summed E-state index contributed by atoms with van der Waals surface area (Å²) in [7, 11) is -1.71. The zero-order valence-electron chi connectivity index (χ0n) is 20.1. The largest absolute Gasteiger partial charge is 0.449 e. The van der Waals surface area contributed by atoms with Crippen molar-refractivity contribution in [3.63, 3.8) is 0 Å². The fourth-order valence-electron chi connectivity index (χ4n) is 3.69. The molecule has 1 aliphatic carbocycles. The van der Waals surface area contributed by atoms with Crippen LogP contribution in [0.15, 0.2) is 48.5 Å². The van der Waals surface area contributed by atoms with Crippen LogP contribution in [0.1, 0.15) is 44.2 Å². The topological polar surface area (TPSA) is 56.8 Å². The summed E-state index contributed by atoms with van der Waals surface area (Å²) in [6.45, 7) is 13.8. The highest BCUT2D eigenvalue weighted by Gasteiger charge is 2.36. The van der Waals surface area contributed by atoms with E-state index in [9.17, 15) is 4.79 Å². The highest BCUT2D eigenvalue weighted by atomic mass is 28.4. The van der Waals surface area contributed by atoms with E-state index in [0.717, 1.165) is 6.42 Å². The Kier molecular flexibility index (Phi) is 8.14. The molecule has 6 heteroatoms. The molecule has 2 aromatic rings. The zero-order chi connectivity index (χ0) is 23.2. The molecule has 0 spiro atoms. The van der Waals surface area contributed by atoms with Crippen LogP contribution >= 0.6 is 0 Å². The van der Waals surface area contributed by atoms with E-state index >= 15 is 0 Å². The average molecular weight is 456 g/mol. The third-order valence-corrected chi connectivity index (χ3v) is 11.1. The van der Waals surface area contributed by atoms with Gasteiger partial charge in [-0.25, -0.2) is 4.79 Å². The zero-order valence-corrected chi connectivity index (χ0v) is 21.1. The Bertz CT molecular complexity index is 861. The number of benzene rings is 2. The molecule has 174 valence electrons. The van der Waals surface area contributed by atoms with Crippen LogP contribution < -0.4 is 5.32 Å². The van der Waals surface area contributed by atoms with Crippen LogP contribution in [0.3, 0.4) is 0 Å². The summed E-state index contributed by atoms with van der Waals surface area (Å²) < 4.78 is 17.3. The normalized spacial score (nSPS) is 13.5. The van der Waals surface area contributed by atoms with E-state index in [2.05, 4.69) is 63.4 Å². The second-order valence-corrected chi connectivity index (χ2v) is 14.6. The van der Waals surface area contributed by atoms with Gasteiger partial charge in [-0.05, 0) is 46.8 Å². The summed E-state index contributed by atoms with van der Waals surface area (Å²) in [5.41, 5.74) is 4.89. The van der Waals surface area contributed by atoms with E-state index < -0.39 is 8.32 Å². The maximum Gasteiger partial charge on any atom is 0.407 e. The molecule has 0 radical (unpaired) electrons. The monoisotopic (exact) mass is 455 g/mol. The quantitative estimate of drug-likeness (QED) is 0.355. The summed E-state index contributed by atoms with van der Waals surface area (Å²) in [5.74, 6) is 0.0809. The molecule has 0 unspecified atom stereocenters. The number of rotatable bonds is 10. The number of alkyl carbamates (subject to hydrolysis) is 1. The lowest BCUT2D eigenvalue weighted by Crippen LogP contribution is -2.41. The number of carbonyl (C=O) groups excluding carboxylic acids is 1. The molecule has 0 saturated carbocycles. The van der Waals surface area contributed by atoms with E-state index in [1.54, 1.807) is 0 Å². The van der Waals surface area contributed by atoms with Crippen molar-refractivity contribution < 1.29 is 18.7 Å². The predicted molar refractivity (Wildman–Crippen MR) is 132 cm³/mol. The van der Waals surface area contributed by atoms with Crippen LogP contribution in [0.2, 0.25) is 18.1 Å². The summed E-state index contributed by atoms with van der Waals surface area (Å²) in [6.07, 6.45) is 0.359. The molecule has 0 aromatic heterocycles. The maximum absolute atomic E-state index is 12.2. The molecule has 0 heterocycles. The molecule has 0 fully saturated rings. The molecule has 0 aliphatic heterocycles. The standard InChI is InChI=1S/C26H37NO4Si/c1-26(2,3)32(4,5)31-18-17-29-16-10-15-27-25(28)30-19-24-22-13-8-6-11-20(22)21-12-7-9-14-23(21)24/h6-9,11-14,24H,10,15-19H2,1-5H3,(H,27,28). The molecule has 1 aliphatic rings. The summed E-state index contributed by atoms with van der Waals surface area (Å²) in [6, 6.07) is 16.7. The second-order valence-electron chi connectivity index (χ2n) is 9.83. The molecular formula is C26H37NO4Si. The Balaban J connectivity index is 1.32. The SMILES string of the molecule is CC(C)(C)[Si](C)(C)OCCOCCCNC(=O)OCC1c2ccccc2-c2ccccc21. The fraction of sp³-hybridized carbons (Fsp3) is 0.500. The van der Waals surface area contributed by atoms with Gasteiger partial charge in [-0.3, -0.25) is 0 Å². The molecule has 32 heavy (non-hydrogen) atoms. The summed E-state index contributed by atoms with van der Waals surface area (Å²) in [5, 5.41) is 3.03. The third kappa shape index (κ3) is 6.00.